The van der Waals surface area contributed by atoms with Crippen molar-refractivity contribution in [3.05, 3.63) is 65.0 Å². The average Bonchev–Trinajstić information content (AvgIpc) is 3.35. The van der Waals surface area contributed by atoms with E-state index < -0.39 is 0 Å². The van der Waals surface area contributed by atoms with Crippen LogP contribution in [0.4, 0.5) is 5.13 Å². The SMILES string of the molecule is Cc1ccc(-c2nn(-c3ccccc3)cc2C(=O)Nc2nnc(C)s2)o1. The molecule has 0 bridgehead atoms. The third kappa shape index (κ3) is 3.14. The van der Waals surface area contributed by atoms with Crippen LogP contribution in [0, 0.1) is 13.8 Å². The Morgan fingerprint density at radius 3 is 2.58 bits per heavy atom. The summed E-state index contributed by atoms with van der Waals surface area (Å²) in [5.41, 5.74) is 1.72. The molecule has 26 heavy (non-hydrogen) atoms. The molecule has 3 heterocycles. The van der Waals surface area contributed by atoms with Crippen LogP contribution in [0.3, 0.4) is 0 Å². The van der Waals surface area contributed by atoms with E-state index in [2.05, 4.69) is 20.6 Å². The molecule has 0 saturated carbocycles. The Balaban J connectivity index is 1.76. The second-order valence-electron chi connectivity index (χ2n) is 5.66. The van der Waals surface area contributed by atoms with E-state index in [9.17, 15) is 4.79 Å². The zero-order chi connectivity index (χ0) is 18.1. The van der Waals surface area contributed by atoms with E-state index in [0.717, 1.165) is 16.5 Å². The monoisotopic (exact) mass is 365 g/mol. The van der Waals surface area contributed by atoms with E-state index in [1.54, 1.807) is 16.9 Å². The summed E-state index contributed by atoms with van der Waals surface area (Å²) in [4.78, 5) is 12.8. The van der Waals surface area contributed by atoms with Gasteiger partial charge in [-0.3, -0.25) is 10.1 Å². The van der Waals surface area contributed by atoms with Gasteiger partial charge in [0.1, 0.15) is 16.5 Å². The van der Waals surface area contributed by atoms with Crippen molar-refractivity contribution in [3.63, 3.8) is 0 Å². The Morgan fingerprint density at radius 1 is 1.12 bits per heavy atom. The molecule has 7 nitrogen and oxygen atoms in total. The number of aryl methyl sites for hydroxylation is 2. The summed E-state index contributed by atoms with van der Waals surface area (Å²) in [6.07, 6.45) is 1.69. The lowest BCUT2D eigenvalue weighted by atomic mass is 10.2. The first kappa shape index (κ1) is 16.2. The van der Waals surface area contributed by atoms with Gasteiger partial charge in [-0.2, -0.15) is 5.10 Å². The van der Waals surface area contributed by atoms with Crippen molar-refractivity contribution < 1.29 is 9.21 Å². The lowest BCUT2D eigenvalue weighted by Gasteiger charge is -2.00. The number of carbonyl (C=O) groups is 1. The Labute approximate surface area is 153 Å². The third-order valence-corrected chi connectivity index (χ3v) is 4.45. The number of nitrogens with zero attached hydrogens (tertiary/aromatic N) is 4. The molecule has 4 rings (SSSR count). The zero-order valence-corrected chi connectivity index (χ0v) is 14.9. The molecule has 3 aromatic heterocycles. The number of hydrogen-bond donors (Lipinski definition) is 1. The highest BCUT2D eigenvalue weighted by atomic mass is 32.1. The summed E-state index contributed by atoms with van der Waals surface area (Å²) in [5.74, 6) is 0.975. The maximum absolute atomic E-state index is 12.8. The lowest BCUT2D eigenvalue weighted by molar-refractivity contribution is 0.102. The Hall–Kier alpha value is -3.26. The van der Waals surface area contributed by atoms with Gasteiger partial charge in [0.05, 0.1) is 11.3 Å². The number of amides is 1. The van der Waals surface area contributed by atoms with Crippen LogP contribution in [0.15, 0.2) is 53.1 Å². The van der Waals surface area contributed by atoms with Gasteiger partial charge < -0.3 is 4.42 Å². The number of rotatable bonds is 4. The second kappa shape index (κ2) is 6.57. The van der Waals surface area contributed by atoms with Crippen molar-refractivity contribution >= 4 is 22.4 Å². The molecule has 0 saturated heterocycles. The zero-order valence-electron chi connectivity index (χ0n) is 14.1. The van der Waals surface area contributed by atoms with Crippen LogP contribution in [-0.4, -0.2) is 25.9 Å². The van der Waals surface area contributed by atoms with Crippen LogP contribution in [-0.2, 0) is 0 Å². The normalized spacial score (nSPS) is 10.8. The van der Waals surface area contributed by atoms with Crippen LogP contribution < -0.4 is 5.32 Å². The lowest BCUT2D eigenvalue weighted by Crippen LogP contribution is -2.12. The minimum Gasteiger partial charge on any atom is -0.460 e. The highest BCUT2D eigenvalue weighted by Crippen LogP contribution is 2.27. The largest absolute Gasteiger partial charge is 0.460 e. The van der Waals surface area contributed by atoms with Gasteiger partial charge in [-0.15, -0.1) is 10.2 Å². The topological polar surface area (TPSA) is 85.8 Å². The molecule has 0 radical (unpaired) electrons. The molecule has 1 N–H and O–H groups in total. The highest BCUT2D eigenvalue weighted by molar-refractivity contribution is 7.15. The van der Waals surface area contributed by atoms with Gasteiger partial charge in [-0.25, -0.2) is 4.68 Å². The first-order chi connectivity index (χ1) is 12.6. The number of carbonyl (C=O) groups excluding carboxylic acids is 1. The summed E-state index contributed by atoms with van der Waals surface area (Å²) in [5, 5.41) is 16.4. The number of furan rings is 1. The molecule has 0 aliphatic carbocycles. The summed E-state index contributed by atoms with van der Waals surface area (Å²) in [6, 6.07) is 13.2. The van der Waals surface area contributed by atoms with E-state index >= 15 is 0 Å². The summed E-state index contributed by atoms with van der Waals surface area (Å²) < 4.78 is 7.34. The summed E-state index contributed by atoms with van der Waals surface area (Å²) >= 11 is 1.31. The predicted molar refractivity (Wildman–Crippen MR) is 98.6 cm³/mol. The van der Waals surface area contributed by atoms with Crippen molar-refractivity contribution in [1.82, 2.24) is 20.0 Å². The molecule has 0 aliphatic heterocycles. The third-order valence-electron chi connectivity index (χ3n) is 3.70. The molecule has 4 aromatic rings. The maximum atomic E-state index is 12.8. The fraction of sp³-hybridized carbons (Fsp3) is 0.111. The van der Waals surface area contributed by atoms with Gasteiger partial charge in [0.25, 0.3) is 5.91 Å². The van der Waals surface area contributed by atoms with Crippen molar-refractivity contribution in [2.75, 3.05) is 5.32 Å². The fourth-order valence-electron chi connectivity index (χ4n) is 2.51. The van der Waals surface area contributed by atoms with Crippen LogP contribution in [0.5, 0.6) is 0 Å². The van der Waals surface area contributed by atoms with E-state index in [0.29, 0.717) is 22.1 Å². The van der Waals surface area contributed by atoms with Crippen LogP contribution in [0.1, 0.15) is 21.1 Å². The predicted octanol–water partition coefficient (Wildman–Crippen LogP) is 3.85. The quantitative estimate of drug-likeness (QED) is 0.594. The molecule has 130 valence electrons. The molecule has 1 amide bonds. The van der Waals surface area contributed by atoms with E-state index in [-0.39, 0.29) is 5.91 Å². The molecule has 0 unspecified atom stereocenters. The minimum atomic E-state index is -0.313. The van der Waals surface area contributed by atoms with Crippen molar-refractivity contribution in [2.45, 2.75) is 13.8 Å². The number of benzene rings is 1. The molecule has 8 heteroatoms. The van der Waals surface area contributed by atoms with Crippen LogP contribution in [0.25, 0.3) is 17.1 Å². The number of anilines is 1. The van der Waals surface area contributed by atoms with Gasteiger partial charge in [0, 0.05) is 6.20 Å². The molecule has 0 aliphatic rings. The second-order valence-corrected chi connectivity index (χ2v) is 6.84. The van der Waals surface area contributed by atoms with E-state index in [1.807, 2.05) is 50.2 Å². The number of nitrogens with one attached hydrogen (secondary N) is 1. The molecule has 0 spiro atoms. The average molecular weight is 365 g/mol. The smallest absolute Gasteiger partial charge is 0.261 e. The van der Waals surface area contributed by atoms with Gasteiger partial charge in [-0.05, 0) is 38.1 Å². The fourth-order valence-corrected chi connectivity index (χ4v) is 3.10. The maximum Gasteiger partial charge on any atom is 0.261 e. The number of para-hydroxylation sites is 1. The van der Waals surface area contributed by atoms with Crippen LogP contribution in [0.2, 0.25) is 0 Å². The van der Waals surface area contributed by atoms with E-state index in [1.165, 1.54) is 11.3 Å². The van der Waals surface area contributed by atoms with Crippen LogP contribution >= 0.6 is 11.3 Å². The first-order valence-electron chi connectivity index (χ1n) is 7.93. The summed E-state index contributed by atoms with van der Waals surface area (Å²) in [7, 11) is 0. The molecular weight excluding hydrogens is 350 g/mol. The number of hydrogen-bond acceptors (Lipinski definition) is 6. The van der Waals surface area contributed by atoms with Crippen molar-refractivity contribution in [3.8, 4) is 17.1 Å². The van der Waals surface area contributed by atoms with Gasteiger partial charge in [0.15, 0.2) is 5.76 Å². The van der Waals surface area contributed by atoms with Gasteiger partial charge in [0.2, 0.25) is 5.13 Å². The van der Waals surface area contributed by atoms with Crippen molar-refractivity contribution in [1.29, 1.82) is 0 Å². The summed E-state index contributed by atoms with van der Waals surface area (Å²) in [6.45, 7) is 3.68. The van der Waals surface area contributed by atoms with E-state index in [4.69, 9.17) is 4.42 Å². The standard InChI is InChI=1S/C18H15N5O2S/c1-11-8-9-15(25-11)16-14(17(24)19-18-21-20-12(2)26-18)10-23(22-16)13-6-4-3-5-7-13/h3-10H,1-2H3,(H,19,21,24). The van der Waals surface area contributed by atoms with Gasteiger partial charge in [-0.1, -0.05) is 29.5 Å². The Kier molecular flexibility index (Phi) is 4.10. The van der Waals surface area contributed by atoms with Crippen molar-refractivity contribution in [2.24, 2.45) is 0 Å². The molecular formula is C18H15N5O2S. The first-order valence-corrected chi connectivity index (χ1v) is 8.75. The Morgan fingerprint density at radius 2 is 1.92 bits per heavy atom. The van der Waals surface area contributed by atoms with Gasteiger partial charge >= 0.3 is 0 Å². The Bertz CT molecular complexity index is 1060. The highest BCUT2D eigenvalue weighted by Gasteiger charge is 2.21. The minimum absolute atomic E-state index is 0.313. The number of aromatic nitrogens is 4. The molecule has 0 fully saturated rings. The molecule has 0 atom stereocenters. The molecule has 1 aromatic carbocycles.